The number of ketones is 1. The van der Waals surface area contributed by atoms with E-state index in [1.54, 1.807) is 6.92 Å². The van der Waals surface area contributed by atoms with E-state index in [9.17, 15) is 4.79 Å². The van der Waals surface area contributed by atoms with Crippen LogP contribution in [0, 0.1) is 0 Å². The lowest BCUT2D eigenvalue weighted by Crippen LogP contribution is -2.29. The number of carbonyl (C=O) groups is 1. The zero-order valence-corrected chi connectivity index (χ0v) is 12.6. The molecule has 0 heterocycles. The van der Waals surface area contributed by atoms with E-state index < -0.39 is 0 Å². The summed E-state index contributed by atoms with van der Waals surface area (Å²) in [4.78, 5) is 12.1. The molecule has 4 nitrogen and oxygen atoms in total. The van der Waals surface area contributed by atoms with Crippen molar-refractivity contribution in [2.24, 2.45) is 0 Å². The van der Waals surface area contributed by atoms with E-state index in [4.69, 9.17) is 10.2 Å². The third-order valence-electron chi connectivity index (χ3n) is 2.74. The third kappa shape index (κ3) is 9.53. The lowest BCUT2D eigenvalue weighted by atomic mass is 10.2. The fraction of sp³-hybridized carbons (Fsp3) is 0.562. The predicted molar refractivity (Wildman–Crippen MR) is 83.0 cm³/mol. The second-order valence-corrected chi connectivity index (χ2v) is 4.58. The highest BCUT2D eigenvalue weighted by atomic mass is 16.3. The number of unbranched alkanes of at least 4 members (excludes halogenated alkanes) is 1. The van der Waals surface area contributed by atoms with Gasteiger partial charge < -0.3 is 19.9 Å². The number of Topliss-reactive ketones (excluding diaryl/α,β-unsaturated/α-hetero) is 1. The third-order valence-corrected chi connectivity index (χ3v) is 2.74. The molecule has 1 aromatic carbocycles. The summed E-state index contributed by atoms with van der Waals surface area (Å²) < 4.78 is 0. The summed E-state index contributed by atoms with van der Waals surface area (Å²) >= 11 is 0. The Morgan fingerprint density at radius 1 is 1.10 bits per heavy atom. The number of nitrogens with zero attached hydrogens (tertiary/aromatic N) is 1. The smallest absolute Gasteiger partial charge is 0.129 e. The highest BCUT2D eigenvalue weighted by molar-refractivity contribution is 5.75. The summed E-state index contributed by atoms with van der Waals surface area (Å²) in [5.41, 5.74) is 1.03. The van der Waals surface area contributed by atoms with Crippen molar-refractivity contribution in [2.75, 3.05) is 31.2 Å². The van der Waals surface area contributed by atoms with Gasteiger partial charge >= 0.3 is 0 Å². The van der Waals surface area contributed by atoms with Gasteiger partial charge in [-0.25, -0.2) is 0 Å². The van der Waals surface area contributed by atoms with Crippen molar-refractivity contribution >= 4 is 11.5 Å². The number of rotatable bonds is 8. The SMILES string of the molecule is CCCCC(C)=O.OCCN(CCO)c1ccccc1. The zero-order valence-electron chi connectivity index (χ0n) is 12.6. The number of hydrogen-bond acceptors (Lipinski definition) is 4. The van der Waals surface area contributed by atoms with Crippen LogP contribution in [0.15, 0.2) is 30.3 Å². The molecule has 0 amide bonds. The van der Waals surface area contributed by atoms with Crippen LogP contribution in [0.3, 0.4) is 0 Å². The second kappa shape index (κ2) is 12.6. The molecule has 0 atom stereocenters. The van der Waals surface area contributed by atoms with Crippen molar-refractivity contribution < 1.29 is 15.0 Å². The first kappa shape index (κ1) is 18.6. The number of benzene rings is 1. The fourth-order valence-electron chi connectivity index (χ4n) is 1.68. The largest absolute Gasteiger partial charge is 0.395 e. The van der Waals surface area contributed by atoms with E-state index in [2.05, 4.69) is 6.92 Å². The summed E-state index contributed by atoms with van der Waals surface area (Å²) in [5.74, 6) is 0.307. The van der Waals surface area contributed by atoms with Gasteiger partial charge in [0, 0.05) is 25.2 Å². The van der Waals surface area contributed by atoms with Gasteiger partial charge in [0.1, 0.15) is 5.78 Å². The van der Waals surface area contributed by atoms with Gasteiger partial charge in [-0.3, -0.25) is 0 Å². The molecule has 0 aliphatic rings. The van der Waals surface area contributed by atoms with Gasteiger partial charge in [0.05, 0.1) is 13.2 Å². The van der Waals surface area contributed by atoms with Crippen LogP contribution in [0.2, 0.25) is 0 Å². The maximum absolute atomic E-state index is 10.2. The Morgan fingerprint density at radius 3 is 2.00 bits per heavy atom. The summed E-state index contributed by atoms with van der Waals surface area (Å²) in [5, 5.41) is 17.6. The van der Waals surface area contributed by atoms with E-state index >= 15 is 0 Å². The van der Waals surface area contributed by atoms with Crippen molar-refractivity contribution in [3.63, 3.8) is 0 Å². The van der Waals surface area contributed by atoms with Gasteiger partial charge in [-0.05, 0) is 25.5 Å². The van der Waals surface area contributed by atoms with Gasteiger partial charge in [0.2, 0.25) is 0 Å². The molecular formula is C16H27NO3. The molecule has 0 bridgehead atoms. The molecule has 0 radical (unpaired) electrons. The second-order valence-electron chi connectivity index (χ2n) is 4.58. The molecule has 0 spiro atoms. The molecule has 0 fully saturated rings. The minimum Gasteiger partial charge on any atom is -0.395 e. The van der Waals surface area contributed by atoms with Crippen LogP contribution in [0.1, 0.15) is 33.1 Å². The summed E-state index contributed by atoms with van der Waals surface area (Å²) in [6.45, 7) is 5.05. The highest BCUT2D eigenvalue weighted by Crippen LogP contribution is 2.11. The molecular weight excluding hydrogens is 254 g/mol. The molecule has 0 saturated carbocycles. The van der Waals surface area contributed by atoms with Crippen molar-refractivity contribution in [3.8, 4) is 0 Å². The summed E-state index contributed by atoms with van der Waals surface area (Å²) in [7, 11) is 0. The van der Waals surface area contributed by atoms with E-state index in [0.29, 0.717) is 18.9 Å². The number of anilines is 1. The molecule has 2 N–H and O–H groups in total. The Morgan fingerprint density at radius 2 is 1.65 bits per heavy atom. The maximum atomic E-state index is 10.2. The molecule has 0 aliphatic heterocycles. The Bertz CT molecular complexity index is 335. The first-order valence-corrected chi connectivity index (χ1v) is 7.16. The lowest BCUT2D eigenvalue weighted by Gasteiger charge is -2.22. The van der Waals surface area contributed by atoms with Crippen LogP contribution in [0.25, 0.3) is 0 Å². The Labute approximate surface area is 122 Å². The topological polar surface area (TPSA) is 60.8 Å². The first-order valence-electron chi connectivity index (χ1n) is 7.16. The standard InChI is InChI=1S/C10H15NO2.C6H12O/c12-8-6-11(7-9-13)10-4-2-1-3-5-10;1-3-4-5-6(2)7/h1-5,12-13H,6-9H2;3-5H2,1-2H3. The lowest BCUT2D eigenvalue weighted by molar-refractivity contribution is -0.117. The van der Waals surface area contributed by atoms with Crippen LogP contribution >= 0.6 is 0 Å². The Hall–Kier alpha value is -1.39. The molecule has 1 rings (SSSR count). The zero-order chi connectivity index (χ0) is 15.2. The van der Waals surface area contributed by atoms with Gasteiger partial charge in [0.25, 0.3) is 0 Å². The molecule has 114 valence electrons. The number of aliphatic hydroxyl groups is 2. The number of carbonyl (C=O) groups excluding carboxylic acids is 1. The summed E-state index contributed by atoms with van der Waals surface area (Å²) in [6, 6.07) is 9.75. The average molecular weight is 281 g/mol. The molecule has 1 aromatic rings. The number of hydrogen-bond donors (Lipinski definition) is 2. The van der Waals surface area contributed by atoms with Crippen molar-refractivity contribution in [1.29, 1.82) is 0 Å². The number of para-hydroxylation sites is 1. The maximum Gasteiger partial charge on any atom is 0.129 e. The first-order chi connectivity index (χ1) is 9.65. The molecule has 4 heteroatoms. The molecule has 0 saturated heterocycles. The molecule has 0 aliphatic carbocycles. The minimum atomic E-state index is 0.106. The van der Waals surface area contributed by atoms with Crippen LogP contribution < -0.4 is 4.90 Å². The normalized spacial score (nSPS) is 9.60. The van der Waals surface area contributed by atoms with Crippen LogP contribution in [-0.2, 0) is 4.79 Å². The van der Waals surface area contributed by atoms with E-state index in [1.807, 2.05) is 35.2 Å². The van der Waals surface area contributed by atoms with Gasteiger partial charge in [-0.15, -0.1) is 0 Å². The highest BCUT2D eigenvalue weighted by Gasteiger charge is 2.02. The van der Waals surface area contributed by atoms with Crippen molar-refractivity contribution in [3.05, 3.63) is 30.3 Å². The van der Waals surface area contributed by atoms with E-state index in [-0.39, 0.29) is 13.2 Å². The van der Waals surface area contributed by atoms with Crippen molar-refractivity contribution in [2.45, 2.75) is 33.1 Å². The van der Waals surface area contributed by atoms with Crippen LogP contribution in [0.4, 0.5) is 5.69 Å². The predicted octanol–water partition coefficient (Wildman–Crippen LogP) is 2.24. The van der Waals surface area contributed by atoms with Crippen molar-refractivity contribution in [1.82, 2.24) is 0 Å². The Balaban J connectivity index is 0.000000441. The van der Waals surface area contributed by atoms with Crippen LogP contribution in [-0.4, -0.2) is 42.3 Å². The van der Waals surface area contributed by atoms with E-state index in [0.717, 1.165) is 24.9 Å². The van der Waals surface area contributed by atoms with Gasteiger partial charge in [-0.2, -0.15) is 0 Å². The van der Waals surface area contributed by atoms with E-state index in [1.165, 1.54) is 0 Å². The van der Waals surface area contributed by atoms with Gasteiger partial charge in [-0.1, -0.05) is 31.5 Å². The monoisotopic (exact) mass is 281 g/mol. The Kier molecular flexibility index (Phi) is 11.8. The number of aliphatic hydroxyl groups excluding tert-OH is 2. The molecule has 20 heavy (non-hydrogen) atoms. The molecule has 0 aromatic heterocycles. The van der Waals surface area contributed by atoms with Gasteiger partial charge in [0.15, 0.2) is 0 Å². The average Bonchev–Trinajstić information content (AvgIpc) is 2.46. The minimum absolute atomic E-state index is 0.106. The quantitative estimate of drug-likeness (QED) is 0.767. The molecule has 0 unspecified atom stereocenters. The fourth-order valence-corrected chi connectivity index (χ4v) is 1.68. The van der Waals surface area contributed by atoms with Crippen LogP contribution in [0.5, 0.6) is 0 Å². The summed E-state index contributed by atoms with van der Waals surface area (Å²) in [6.07, 6.45) is 2.94.